The summed E-state index contributed by atoms with van der Waals surface area (Å²) in [6.07, 6.45) is 6.01. The van der Waals surface area contributed by atoms with Crippen LogP contribution in [0.3, 0.4) is 0 Å². The molecule has 0 bridgehead atoms. The second-order valence-electron chi connectivity index (χ2n) is 5.56. The van der Waals surface area contributed by atoms with Gasteiger partial charge in [-0.25, -0.2) is 4.99 Å². The van der Waals surface area contributed by atoms with Crippen molar-refractivity contribution >= 4 is 33.0 Å². The molecular weight excluding hydrogens is 357 g/mol. The molecule has 1 N–H and O–H groups in total. The van der Waals surface area contributed by atoms with E-state index in [2.05, 4.69) is 32.4 Å². The second-order valence-corrected chi connectivity index (χ2v) is 6.84. The minimum absolute atomic E-state index is 0.0827. The molecule has 1 heterocycles. The molecule has 1 aromatic rings. The maximum absolute atomic E-state index is 13.0. The first-order valence-corrected chi connectivity index (χ1v) is 8.64. The van der Waals surface area contributed by atoms with Gasteiger partial charge in [-0.15, -0.1) is 3.89 Å². The number of benzene rings is 1. The lowest BCUT2D eigenvalue weighted by atomic mass is 10.0. The lowest BCUT2D eigenvalue weighted by molar-refractivity contribution is 0.101. The first-order valence-electron chi connectivity index (χ1n) is 7.17. The summed E-state index contributed by atoms with van der Waals surface area (Å²) in [4.78, 5) is 4.25. The van der Waals surface area contributed by atoms with E-state index in [9.17, 15) is 3.89 Å². The van der Waals surface area contributed by atoms with E-state index in [1.54, 1.807) is 0 Å². The highest BCUT2D eigenvalue weighted by molar-refractivity contribution is 9.18. The number of fused-ring (bicyclic) bond motifs is 2. The van der Waals surface area contributed by atoms with E-state index in [1.165, 1.54) is 39.5 Å². The van der Waals surface area contributed by atoms with Crippen molar-refractivity contribution in [1.29, 1.82) is 0 Å². The zero-order valence-electron chi connectivity index (χ0n) is 11.4. The van der Waals surface area contributed by atoms with Crippen LogP contribution in [0.15, 0.2) is 11.1 Å². The van der Waals surface area contributed by atoms with Crippen molar-refractivity contribution in [3.63, 3.8) is 0 Å². The Labute approximate surface area is 135 Å². The Kier molecular flexibility index (Phi) is 3.59. The fraction of sp³-hybridized carbons (Fsp3) is 0.500. The molecule has 0 radical (unpaired) electrons. The average molecular weight is 372 g/mol. The molecule has 4 rings (SSSR count). The SMILES string of the molecule is FSN1NC(Br)=NC1Oc1c2c(cc3c1CCC3)CCC2. The molecule has 0 amide bonds. The number of amidine groups is 1. The topological polar surface area (TPSA) is 36.9 Å². The van der Waals surface area contributed by atoms with Crippen LogP contribution in [0.25, 0.3) is 0 Å². The van der Waals surface area contributed by atoms with Crippen molar-refractivity contribution in [2.45, 2.75) is 44.9 Å². The summed E-state index contributed by atoms with van der Waals surface area (Å²) in [7, 11) is 0. The smallest absolute Gasteiger partial charge is 0.280 e. The Morgan fingerprint density at radius 1 is 1.24 bits per heavy atom. The first-order chi connectivity index (χ1) is 10.3. The van der Waals surface area contributed by atoms with Gasteiger partial charge in [-0.2, -0.15) is 0 Å². The van der Waals surface area contributed by atoms with Crippen LogP contribution in [0.4, 0.5) is 3.89 Å². The molecule has 1 aromatic carbocycles. The van der Waals surface area contributed by atoms with Crippen LogP contribution >= 0.6 is 28.3 Å². The highest BCUT2D eigenvalue weighted by Crippen LogP contribution is 2.41. The summed E-state index contributed by atoms with van der Waals surface area (Å²) in [5.74, 6) is 0.953. The number of ether oxygens (including phenoxy) is 1. The summed E-state index contributed by atoms with van der Waals surface area (Å²) >= 11 is 3.32. The van der Waals surface area contributed by atoms with E-state index in [0.29, 0.717) is 4.74 Å². The molecule has 112 valence electrons. The van der Waals surface area contributed by atoms with Gasteiger partial charge in [-0.3, -0.25) is 5.43 Å². The van der Waals surface area contributed by atoms with Gasteiger partial charge in [0.2, 0.25) is 0 Å². The van der Waals surface area contributed by atoms with E-state index >= 15 is 0 Å². The standard InChI is InChI=1S/C14H15BrFN3OS/c15-13-17-14(19(18-13)21-16)20-12-10-5-1-3-8(10)7-9-4-2-6-11(9)12/h7,14H,1-6H2,(H,17,18). The van der Waals surface area contributed by atoms with Gasteiger partial charge in [0, 0.05) is 0 Å². The van der Waals surface area contributed by atoms with Crippen LogP contribution in [0.1, 0.15) is 35.1 Å². The van der Waals surface area contributed by atoms with Crippen LogP contribution in [0.5, 0.6) is 5.75 Å². The largest absolute Gasteiger partial charge is 0.452 e. The van der Waals surface area contributed by atoms with Crippen molar-refractivity contribution in [2.24, 2.45) is 4.99 Å². The van der Waals surface area contributed by atoms with Crippen LogP contribution in [-0.4, -0.2) is 15.5 Å². The number of hydrogen-bond donors (Lipinski definition) is 1. The Balaban J connectivity index is 1.72. The average Bonchev–Trinajstić information content (AvgIpc) is 3.17. The van der Waals surface area contributed by atoms with E-state index in [1.807, 2.05) is 0 Å². The quantitative estimate of drug-likeness (QED) is 0.652. The normalized spacial score (nSPS) is 23.7. The predicted octanol–water partition coefficient (Wildman–Crippen LogP) is 3.43. The van der Waals surface area contributed by atoms with Crippen LogP contribution in [0.2, 0.25) is 0 Å². The van der Waals surface area contributed by atoms with Gasteiger partial charge in [0.15, 0.2) is 17.1 Å². The molecule has 0 saturated heterocycles. The Morgan fingerprint density at radius 2 is 1.90 bits per heavy atom. The summed E-state index contributed by atoms with van der Waals surface area (Å²) in [5, 5.41) is 0. The number of rotatable bonds is 3. The number of aryl methyl sites for hydroxylation is 2. The molecule has 0 fully saturated rings. The summed E-state index contributed by atoms with van der Waals surface area (Å²) in [6.45, 7) is 0. The number of hydrazine groups is 1. The predicted molar refractivity (Wildman–Crippen MR) is 84.9 cm³/mol. The Morgan fingerprint density at radius 3 is 2.52 bits per heavy atom. The highest BCUT2D eigenvalue weighted by Gasteiger charge is 2.32. The van der Waals surface area contributed by atoms with Crippen LogP contribution < -0.4 is 10.2 Å². The summed E-state index contributed by atoms with van der Waals surface area (Å²) in [6, 6.07) is 2.35. The van der Waals surface area contributed by atoms with Crippen molar-refractivity contribution in [3.8, 4) is 5.75 Å². The van der Waals surface area contributed by atoms with Gasteiger partial charge in [0.05, 0.1) is 0 Å². The Hall–Kier alpha value is -0.790. The van der Waals surface area contributed by atoms with Crippen molar-refractivity contribution in [2.75, 3.05) is 0 Å². The molecule has 21 heavy (non-hydrogen) atoms. The second kappa shape index (κ2) is 5.44. The third-order valence-electron chi connectivity index (χ3n) is 4.34. The molecule has 7 heteroatoms. The Bertz CT molecular complexity index is 592. The zero-order chi connectivity index (χ0) is 14.4. The minimum atomic E-state index is -0.675. The number of nitrogens with one attached hydrogen (secondary N) is 1. The maximum Gasteiger partial charge on any atom is 0.280 e. The highest BCUT2D eigenvalue weighted by atomic mass is 79.9. The van der Waals surface area contributed by atoms with Gasteiger partial charge in [0.25, 0.3) is 6.35 Å². The third-order valence-corrected chi connectivity index (χ3v) is 5.14. The molecule has 0 spiro atoms. The van der Waals surface area contributed by atoms with E-state index in [4.69, 9.17) is 4.74 Å². The fourth-order valence-electron chi connectivity index (χ4n) is 3.46. The maximum atomic E-state index is 13.0. The van der Waals surface area contributed by atoms with Crippen molar-refractivity contribution < 1.29 is 8.62 Å². The van der Waals surface area contributed by atoms with Gasteiger partial charge < -0.3 is 4.74 Å². The first kappa shape index (κ1) is 13.8. The molecule has 0 aromatic heterocycles. The lowest BCUT2D eigenvalue weighted by Crippen LogP contribution is -2.36. The van der Waals surface area contributed by atoms with E-state index in [-0.39, 0.29) is 12.3 Å². The van der Waals surface area contributed by atoms with Crippen molar-refractivity contribution in [1.82, 2.24) is 9.84 Å². The van der Waals surface area contributed by atoms with E-state index < -0.39 is 6.35 Å². The number of nitrogens with zero attached hydrogens (tertiary/aromatic N) is 2. The van der Waals surface area contributed by atoms with Crippen LogP contribution in [0, 0.1) is 0 Å². The number of halogens is 2. The molecule has 1 aliphatic heterocycles. The number of aliphatic imine (C=N–C) groups is 1. The molecule has 1 unspecified atom stereocenters. The molecular formula is C14H15BrFN3OS. The summed E-state index contributed by atoms with van der Waals surface area (Å²) < 4.78 is 20.9. The van der Waals surface area contributed by atoms with Crippen LogP contribution in [-0.2, 0) is 25.7 Å². The summed E-state index contributed by atoms with van der Waals surface area (Å²) in [5.41, 5.74) is 8.18. The monoisotopic (exact) mass is 371 g/mol. The molecule has 0 saturated carbocycles. The molecule has 3 aliphatic rings. The van der Waals surface area contributed by atoms with Gasteiger partial charge in [0.1, 0.15) is 5.75 Å². The molecule has 4 nitrogen and oxygen atoms in total. The zero-order valence-corrected chi connectivity index (χ0v) is 13.8. The van der Waals surface area contributed by atoms with Gasteiger partial charge >= 0.3 is 0 Å². The fourth-order valence-corrected chi connectivity index (χ4v) is 4.22. The molecule has 2 aliphatic carbocycles. The third kappa shape index (κ3) is 2.35. The van der Waals surface area contributed by atoms with E-state index in [0.717, 1.165) is 31.4 Å². The van der Waals surface area contributed by atoms with Gasteiger partial charge in [-0.1, -0.05) is 10.5 Å². The van der Waals surface area contributed by atoms with Crippen molar-refractivity contribution in [3.05, 3.63) is 28.3 Å². The number of hydrogen-bond acceptors (Lipinski definition) is 5. The van der Waals surface area contributed by atoms with Gasteiger partial charge in [-0.05, 0) is 76.7 Å². The molecule has 1 atom stereocenters. The lowest BCUT2D eigenvalue weighted by Gasteiger charge is -2.22. The minimum Gasteiger partial charge on any atom is -0.452 e.